The summed E-state index contributed by atoms with van der Waals surface area (Å²) in [5, 5.41) is 28.5. The smallest absolute Gasteiger partial charge is 0.416 e. The molecule has 164 valence electrons. The molecular formula is C19H17F3N4O5. The standard InChI is InChI=1S/C19H17F3N4O5/c1-9(10-4-11(19(20,21)22)6-12(5-10)26(29)30)23-17-13-7-15(27)16(31-3)8-14(13)18(28)25(2)24-17/h4-9,27H,1-3H3,(H,23,24). The fourth-order valence-corrected chi connectivity index (χ4v) is 3.08. The maximum atomic E-state index is 13.2. The molecule has 0 saturated heterocycles. The van der Waals surface area contributed by atoms with E-state index in [1.165, 1.54) is 33.2 Å². The largest absolute Gasteiger partial charge is 0.504 e. The van der Waals surface area contributed by atoms with Crippen LogP contribution in [0.2, 0.25) is 0 Å². The predicted molar refractivity (Wildman–Crippen MR) is 105 cm³/mol. The van der Waals surface area contributed by atoms with Gasteiger partial charge in [-0.1, -0.05) is 0 Å². The first kappa shape index (κ1) is 21.9. The molecule has 1 heterocycles. The minimum Gasteiger partial charge on any atom is -0.504 e. The minimum atomic E-state index is -4.77. The van der Waals surface area contributed by atoms with E-state index < -0.39 is 34.0 Å². The number of rotatable bonds is 5. The molecule has 3 aromatic rings. The van der Waals surface area contributed by atoms with Crippen LogP contribution < -0.4 is 15.6 Å². The Morgan fingerprint density at radius 1 is 1.23 bits per heavy atom. The van der Waals surface area contributed by atoms with Gasteiger partial charge < -0.3 is 15.2 Å². The quantitative estimate of drug-likeness (QED) is 0.460. The molecule has 3 rings (SSSR count). The number of benzene rings is 2. The molecule has 31 heavy (non-hydrogen) atoms. The number of phenols is 1. The Bertz CT molecular complexity index is 1240. The molecule has 0 fully saturated rings. The van der Waals surface area contributed by atoms with Gasteiger partial charge in [-0.05, 0) is 30.7 Å². The summed E-state index contributed by atoms with van der Waals surface area (Å²) in [6.45, 7) is 1.49. The van der Waals surface area contributed by atoms with Crippen molar-refractivity contribution in [1.82, 2.24) is 9.78 Å². The van der Waals surface area contributed by atoms with E-state index in [1.807, 2.05) is 0 Å². The third kappa shape index (κ3) is 4.22. The van der Waals surface area contributed by atoms with Crippen molar-refractivity contribution in [2.75, 3.05) is 12.4 Å². The van der Waals surface area contributed by atoms with Crippen LogP contribution in [0.25, 0.3) is 10.8 Å². The summed E-state index contributed by atoms with van der Waals surface area (Å²) in [4.78, 5) is 22.6. The summed E-state index contributed by atoms with van der Waals surface area (Å²) < 4.78 is 45.6. The number of phenolic OH excluding ortho intramolecular Hbond substituents is 1. The van der Waals surface area contributed by atoms with Gasteiger partial charge >= 0.3 is 6.18 Å². The highest BCUT2D eigenvalue weighted by molar-refractivity contribution is 5.93. The number of methoxy groups -OCH3 is 1. The zero-order chi connectivity index (χ0) is 23.1. The first-order chi connectivity index (χ1) is 14.4. The highest BCUT2D eigenvalue weighted by Gasteiger charge is 2.33. The van der Waals surface area contributed by atoms with Crippen LogP contribution in [0.15, 0.2) is 35.1 Å². The molecule has 2 N–H and O–H groups in total. The van der Waals surface area contributed by atoms with Crippen LogP contribution in [0.3, 0.4) is 0 Å². The molecule has 1 unspecified atom stereocenters. The topological polar surface area (TPSA) is 120 Å². The van der Waals surface area contributed by atoms with E-state index in [1.54, 1.807) is 0 Å². The van der Waals surface area contributed by atoms with Crippen LogP contribution in [0.1, 0.15) is 24.1 Å². The van der Waals surface area contributed by atoms with Gasteiger partial charge in [0.1, 0.15) is 0 Å². The highest BCUT2D eigenvalue weighted by Crippen LogP contribution is 2.36. The third-order valence-corrected chi connectivity index (χ3v) is 4.68. The fraction of sp³-hybridized carbons (Fsp3) is 0.263. The van der Waals surface area contributed by atoms with Gasteiger partial charge in [-0.15, -0.1) is 0 Å². The summed E-state index contributed by atoms with van der Waals surface area (Å²) >= 11 is 0. The number of non-ortho nitro benzene ring substituents is 1. The summed E-state index contributed by atoms with van der Waals surface area (Å²) in [6.07, 6.45) is -4.77. The van der Waals surface area contributed by atoms with Crippen molar-refractivity contribution in [3.8, 4) is 11.5 Å². The van der Waals surface area contributed by atoms with Crippen LogP contribution in [0, 0.1) is 10.1 Å². The van der Waals surface area contributed by atoms with Gasteiger partial charge in [-0.2, -0.15) is 18.3 Å². The molecule has 0 aliphatic carbocycles. The molecule has 12 heteroatoms. The molecule has 0 aliphatic rings. The molecule has 0 radical (unpaired) electrons. The number of aromatic hydroxyl groups is 1. The van der Waals surface area contributed by atoms with E-state index in [4.69, 9.17) is 4.74 Å². The Labute approximate surface area is 172 Å². The van der Waals surface area contributed by atoms with Crippen LogP contribution in [0.4, 0.5) is 24.7 Å². The molecule has 2 aromatic carbocycles. The number of halogens is 3. The van der Waals surface area contributed by atoms with Gasteiger partial charge in [-0.3, -0.25) is 14.9 Å². The summed E-state index contributed by atoms with van der Waals surface area (Å²) in [5.74, 6) is -0.124. The van der Waals surface area contributed by atoms with Gasteiger partial charge in [0.2, 0.25) is 0 Å². The van der Waals surface area contributed by atoms with Crippen LogP contribution >= 0.6 is 0 Å². The lowest BCUT2D eigenvalue weighted by Gasteiger charge is -2.19. The van der Waals surface area contributed by atoms with Crippen molar-refractivity contribution in [3.63, 3.8) is 0 Å². The minimum absolute atomic E-state index is 0.0111. The zero-order valence-electron chi connectivity index (χ0n) is 16.5. The van der Waals surface area contributed by atoms with Crippen molar-refractivity contribution in [3.05, 3.63) is 61.9 Å². The first-order valence-corrected chi connectivity index (χ1v) is 8.83. The van der Waals surface area contributed by atoms with Crippen LogP contribution in [-0.2, 0) is 13.2 Å². The summed E-state index contributed by atoms with van der Waals surface area (Å²) in [7, 11) is 2.69. The van der Waals surface area contributed by atoms with Crippen molar-refractivity contribution >= 4 is 22.3 Å². The van der Waals surface area contributed by atoms with Gasteiger partial charge in [0.15, 0.2) is 17.3 Å². The van der Waals surface area contributed by atoms with Crippen molar-refractivity contribution in [2.24, 2.45) is 7.05 Å². The number of hydrogen-bond donors (Lipinski definition) is 2. The monoisotopic (exact) mass is 438 g/mol. The molecule has 1 aromatic heterocycles. The number of nitrogens with zero attached hydrogens (tertiary/aromatic N) is 3. The van der Waals surface area contributed by atoms with E-state index in [0.29, 0.717) is 6.07 Å². The molecule has 0 spiro atoms. The number of anilines is 1. The zero-order valence-corrected chi connectivity index (χ0v) is 16.5. The second-order valence-electron chi connectivity index (χ2n) is 6.78. The molecule has 0 aliphatic heterocycles. The Balaban J connectivity index is 2.12. The van der Waals surface area contributed by atoms with E-state index in [0.717, 1.165) is 16.8 Å². The summed E-state index contributed by atoms with van der Waals surface area (Å²) in [5.41, 5.74) is -2.37. The third-order valence-electron chi connectivity index (χ3n) is 4.68. The van der Waals surface area contributed by atoms with E-state index in [9.17, 15) is 33.2 Å². The Hall–Kier alpha value is -3.83. The number of nitrogens with one attached hydrogen (secondary N) is 1. The van der Waals surface area contributed by atoms with Crippen LogP contribution in [-0.4, -0.2) is 26.9 Å². The lowest BCUT2D eigenvalue weighted by atomic mass is 10.0. The Morgan fingerprint density at radius 3 is 2.48 bits per heavy atom. The fourth-order valence-electron chi connectivity index (χ4n) is 3.08. The van der Waals surface area contributed by atoms with E-state index >= 15 is 0 Å². The van der Waals surface area contributed by atoms with Crippen molar-refractivity contribution in [1.29, 1.82) is 0 Å². The molecule has 0 amide bonds. The second kappa shape index (κ2) is 7.78. The SMILES string of the molecule is COc1cc2c(=O)n(C)nc(NC(C)c3cc([N+](=O)[O-])cc(C(F)(F)F)c3)c2cc1O. The van der Waals surface area contributed by atoms with E-state index in [2.05, 4.69) is 10.4 Å². The van der Waals surface area contributed by atoms with Gasteiger partial charge in [0, 0.05) is 24.6 Å². The number of alkyl halides is 3. The number of hydrogen-bond acceptors (Lipinski definition) is 7. The van der Waals surface area contributed by atoms with Crippen LogP contribution in [0.5, 0.6) is 11.5 Å². The molecule has 0 saturated carbocycles. The van der Waals surface area contributed by atoms with Gasteiger partial charge in [-0.25, -0.2) is 4.68 Å². The maximum Gasteiger partial charge on any atom is 0.416 e. The Kier molecular flexibility index (Phi) is 5.49. The predicted octanol–water partition coefficient (Wildman–Crippen LogP) is 3.75. The molecule has 0 bridgehead atoms. The van der Waals surface area contributed by atoms with Gasteiger partial charge in [0.05, 0.1) is 29.0 Å². The molecule has 9 nitrogen and oxygen atoms in total. The van der Waals surface area contributed by atoms with Gasteiger partial charge in [0.25, 0.3) is 11.2 Å². The number of nitro benzene ring substituents is 1. The summed E-state index contributed by atoms with van der Waals surface area (Å²) in [6, 6.07) is 3.98. The first-order valence-electron chi connectivity index (χ1n) is 8.83. The van der Waals surface area contributed by atoms with Crippen molar-refractivity contribution < 1.29 is 27.9 Å². The number of aromatic nitrogens is 2. The van der Waals surface area contributed by atoms with E-state index in [-0.39, 0.29) is 33.7 Å². The number of nitro groups is 1. The average Bonchev–Trinajstić information content (AvgIpc) is 2.70. The Morgan fingerprint density at radius 2 is 1.90 bits per heavy atom. The molecular weight excluding hydrogens is 421 g/mol. The average molecular weight is 438 g/mol. The maximum absolute atomic E-state index is 13.2. The normalized spacial score (nSPS) is 12.6. The number of fused-ring (bicyclic) bond motifs is 1. The van der Waals surface area contributed by atoms with Crippen molar-refractivity contribution in [2.45, 2.75) is 19.1 Å². The number of ether oxygens (including phenoxy) is 1. The highest BCUT2D eigenvalue weighted by atomic mass is 19.4. The number of aryl methyl sites for hydroxylation is 1. The lowest BCUT2D eigenvalue weighted by molar-refractivity contribution is -0.385. The second-order valence-corrected chi connectivity index (χ2v) is 6.78. The lowest BCUT2D eigenvalue weighted by Crippen LogP contribution is -2.22. The molecule has 1 atom stereocenters.